The van der Waals surface area contributed by atoms with Gasteiger partial charge in [0.15, 0.2) is 0 Å². The molecule has 0 saturated heterocycles. The molecule has 4 nitrogen and oxygen atoms in total. The monoisotopic (exact) mass is 194 g/mol. The van der Waals surface area contributed by atoms with E-state index < -0.39 is 5.97 Å². The molecule has 0 atom stereocenters. The average Bonchev–Trinajstić information content (AvgIpc) is 2.55. The van der Waals surface area contributed by atoms with E-state index >= 15 is 0 Å². The number of carbonyl (C=O) groups is 1. The van der Waals surface area contributed by atoms with Gasteiger partial charge in [-0.05, 0) is 0 Å². The molecule has 0 fully saturated rings. The Hall–Kier alpha value is -1.84. The fraction of sp³-hybridized carbons (Fsp3) is 0.200. The van der Waals surface area contributed by atoms with E-state index in [2.05, 4.69) is 18.1 Å². The van der Waals surface area contributed by atoms with Crippen molar-refractivity contribution in [1.29, 1.82) is 0 Å². The molecule has 0 aliphatic heterocycles. The van der Waals surface area contributed by atoms with Gasteiger partial charge in [-0.1, -0.05) is 12.7 Å². The molecule has 0 aliphatic rings. The molecule has 4 heteroatoms. The normalized spacial score (nSPS) is 8.36. The van der Waals surface area contributed by atoms with Crippen LogP contribution in [0.25, 0.3) is 5.70 Å². The van der Waals surface area contributed by atoms with Crippen molar-refractivity contribution in [2.24, 2.45) is 0 Å². The first-order chi connectivity index (χ1) is 6.57. The summed E-state index contributed by atoms with van der Waals surface area (Å²) in [5.41, 5.74) is 0.993. The summed E-state index contributed by atoms with van der Waals surface area (Å²) in [6.45, 7) is 8.54. The number of carboxylic acid groups (broad SMARTS) is 1. The van der Waals surface area contributed by atoms with Gasteiger partial charge < -0.3 is 9.67 Å². The third kappa shape index (κ3) is 5.77. The zero-order valence-electron chi connectivity index (χ0n) is 8.18. The molecule has 1 rings (SSSR count). The molecular formula is C10H14N2O2. The minimum atomic E-state index is -0.833. The van der Waals surface area contributed by atoms with E-state index in [4.69, 9.17) is 9.90 Å². The summed E-state index contributed by atoms with van der Waals surface area (Å²) in [4.78, 5) is 12.9. The first kappa shape index (κ1) is 12.2. The summed E-state index contributed by atoms with van der Waals surface area (Å²) < 4.78 is 1.88. The SMILES string of the molecule is C=CCC(=C)n1ccnc1.CC(=O)O. The fourth-order valence-electron chi connectivity index (χ4n) is 0.718. The molecule has 14 heavy (non-hydrogen) atoms. The van der Waals surface area contributed by atoms with Gasteiger partial charge in [-0.3, -0.25) is 4.79 Å². The lowest BCUT2D eigenvalue weighted by Gasteiger charge is -2.00. The fourth-order valence-corrected chi connectivity index (χ4v) is 0.718. The van der Waals surface area contributed by atoms with Crippen molar-refractivity contribution in [3.63, 3.8) is 0 Å². The first-order valence-electron chi connectivity index (χ1n) is 4.04. The summed E-state index contributed by atoms with van der Waals surface area (Å²) >= 11 is 0. The smallest absolute Gasteiger partial charge is 0.300 e. The maximum absolute atomic E-state index is 9.00. The van der Waals surface area contributed by atoms with Crippen LogP contribution in [0.3, 0.4) is 0 Å². The second-order valence-corrected chi connectivity index (χ2v) is 2.55. The Labute approximate surface area is 83.2 Å². The van der Waals surface area contributed by atoms with E-state index in [1.54, 1.807) is 12.5 Å². The molecule has 1 aromatic heterocycles. The number of hydrogen-bond donors (Lipinski definition) is 1. The molecule has 0 aliphatic carbocycles. The highest BCUT2D eigenvalue weighted by molar-refractivity contribution is 5.62. The zero-order chi connectivity index (χ0) is 11.0. The summed E-state index contributed by atoms with van der Waals surface area (Å²) in [5, 5.41) is 7.42. The molecule has 0 radical (unpaired) electrons. The van der Waals surface area contributed by atoms with Crippen LogP contribution in [0.5, 0.6) is 0 Å². The minimum absolute atomic E-state index is 0.802. The summed E-state index contributed by atoms with van der Waals surface area (Å²) in [5.74, 6) is -0.833. The Morgan fingerprint density at radius 1 is 1.71 bits per heavy atom. The van der Waals surface area contributed by atoms with Gasteiger partial charge >= 0.3 is 0 Å². The van der Waals surface area contributed by atoms with E-state index in [0.29, 0.717) is 0 Å². The van der Waals surface area contributed by atoms with Crippen LogP contribution in [0, 0.1) is 0 Å². The molecular weight excluding hydrogens is 180 g/mol. The van der Waals surface area contributed by atoms with Crippen molar-refractivity contribution in [3.05, 3.63) is 38.0 Å². The molecule has 0 spiro atoms. The number of allylic oxidation sites excluding steroid dienone is 2. The number of nitrogens with zero attached hydrogens (tertiary/aromatic N) is 2. The van der Waals surface area contributed by atoms with E-state index in [9.17, 15) is 0 Å². The van der Waals surface area contributed by atoms with Crippen LogP contribution in [-0.2, 0) is 4.79 Å². The van der Waals surface area contributed by atoms with Crippen molar-refractivity contribution >= 4 is 11.7 Å². The van der Waals surface area contributed by atoms with Crippen molar-refractivity contribution in [3.8, 4) is 0 Å². The Morgan fingerprint density at radius 2 is 2.29 bits per heavy atom. The van der Waals surface area contributed by atoms with Crippen LogP contribution >= 0.6 is 0 Å². The summed E-state index contributed by atoms with van der Waals surface area (Å²) in [6, 6.07) is 0. The van der Waals surface area contributed by atoms with E-state index in [0.717, 1.165) is 19.0 Å². The van der Waals surface area contributed by atoms with Crippen molar-refractivity contribution < 1.29 is 9.90 Å². The highest BCUT2D eigenvalue weighted by Gasteiger charge is 1.90. The molecule has 0 saturated carbocycles. The van der Waals surface area contributed by atoms with Gasteiger partial charge in [0.05, 0.1) is 6.33 Å². The van der Waals surface area contributed by atoms with Crippen LogP contribution in [0.4, 0.5) is 0 Å². The standard InChI is InChI=1S/C8H10N2.C2H4O2/c1-3-4-8(2)10-6-5-9-7-10;1-2(3)4/h3,5-7H,1-2,4H2;1H3,(H,3,4). The maximum Gasteiger partial charge on any atom is 0.300 e. The number of rotatable bonds is 3. The highest BCUT2D eigenvalue weighted by Crippen LogP contribution is 2.04. The Morgan fingerprint density at radius 3 is 2.64 bits per heavy atom. The van der Waals surface area contributed by atoms with Gasteiger partial charge in [-0.2, -0.15) is 0 Å². The van der Waals surface area contributed by atoms with Crippen LogP contribution in [0.15, 0.2) is 38.0 Å². The minimum Gasteiger partial charge on any atom is -0.481 e. The number of imidazole rings is 1. The van der Waals surface area contributed by atoms with Gasteiger partial charge in [-0.15, -0.1) is 6.58 Å². The Kier molecular flexibility index (Phi) is 5.78. The Bertz CT molecular complexity index is 298. The van der Waals surface area contributed by atoms with Crippen molar-refractivity contribution in [1.82, 2.24) is 9.55 Å². The predicted molar refractivity (Wildman–Crippen MR) is 55.7 cm³/mol. The molecule has 0 aromatic carbocycles. The van der Waals surface area contributed by atoms with Gasteiger partial charge in [0.2, 0.25) is 0 Å². The molecule has 0 amide bonds. The zero-order valence-corrected chi connectivity index (χ0v) is 8.18. The molecule has 1 heterocycles. The Balaban J connectivity index is 0.000000364. The molecule has 1 aromatic rings. The molecule has 1 N–H and O–H groups in total. The van der Waals surface area contributed by atoms with Crippen molar-refractivity contribution in [2.45, 2.75) is 13.3 Å². The summed E-state index contributed by atoms with van der Waals surface area (Å²) in [6.07, 6.45) is 7.95. The van der Waals surface area contributed by atoms with Gasteiger partial charge in [0.1, 0.15) is 0 Å². The van der Waals surface area contributed by atoms with Gasteiger partial charge in [0, 0.05) is 31.4 Å². The number of aliphatic carboxylic acids is 1. The largest absolute Gasteiger partial charge is 0.481 e. The van der Waals surface area contributed by atoms with Gasteiger partial charge in [0.25, 0.3) is 5.97 Å². The van der Waals surface area contributed by atoms with Crippen LogP contribution < -0.4 is 0 Å². The molecule has 76 valence electrons. The molecule has 0 unspecified atom stereocenters. The second kappa shape index (κ2) is 6.65. The third-order valence-corrected chi connectivity index (χ3v) is 1.25. The average molecular weight is 194 g/mol. The number of hydrogen-bond acceptors (Lipinski definition) is 2. The molecule has 0 bridgehead atoms. The van der Waals surface area contributed by atoms with Crippen LogP contribution in [0.2, 0.25) is 0 Å². The first-order valence-corrected chi connectivity index (χ1v) is 4.04. The van der Waals surface area contributed by atoms with E-state index in [1.807, 2.05) is 16.8 Å². The lowest BCUT2D eigenvalue weighted by atomic mass is 10.3. The maximum atomic E-state index is 9.00. The van der Waals surface area contributed by atoms with E-state index in [-0.39, 0.29) is 0 Å². The second-order valence-electron chi connectivity index (χ2n) is 2.55. The van der Waals surface area contributed by atoms with Crippen molar-refractivity contribution in [2.75, 3.05) is 0 Å². The lowest BCUT2D eigenvalue weighted by molar-refractivity contribution is -0.134. The summed E-state index contributed by atoms with van der Waals surface area (Å²) in [7, 11) is 0. The number of carboxylic acids is 1. The van der Waals surface area contributed by atoms with Crippen LogP contribution in [0.1, 0.15) is 13.3 Å². The van der Waals surface area contributed by atoms with Crippen LogP contribution in [-0.4, -0.2) is 20.6 Å². The predicted octanol–water partition coefficient (Wildman–Crippen LogP) is 2.02. The third-order valence-electron chi connectivity index (χ3n) is 1.25. The highest BCUT2D eigenvalue weighted by atomic mass is 16.4. The van der Waals surface area contributed by atoms with Gasteiger partial charge in [-0.25, -0.2) is 4.98 Å². The quantitative estimate of drug-likeness (QED) is 0.749. The number of aromatic nitrogens is 2. The topological polar surface area (TPSA) is 55.1 Å². The van der Waals surface area contributed by atoms with E-state index in [1.165, 1.54) is 0 Å². The lowest BCUT2D eigenvalue weighted by Crippen LogP contribution is -1.89.